The fraction of sp³-hybridized carbons (Fsp3) is 0.214. The van der Waals surface area contributed by atoms with Crippen LogP contribution in [0.5, 0.6) is 0 Å². The Kier molecular flexibility index (Phi) is 2.64. The maximum absolute atomic E-state index is 9.04. The minimum absolute atomic E-state index is 0.0909. The van der Waals surface area contributed by atoms with Crippen LogP contribution in [0.15, 0.2) is 40.8 Å². The Labute approximate surface area is 104 Å². The number of hydrogen-bond acceptors (Lipinski definition) is 3. The molecule has 0 amide bonds. The van der Waals surface area contributed by atoms with Gasteiger partial charge in [0.15, 0.2) is 5.76 Å². The van der Waals surface area contributed by atoms with Crippen molar-refractivity contribution in [3.63, 3.8) is 0 Å². The molecule has 0 saturated heterocycles. The molecule has 3 rings (SSSR count). The topological polar surface area (TPSA) is 51.2 Å². The number of aliphatic hydroxyl groups is 1. The normalized spacial score (nSPS) is 11.2. The van der Waals surface area contributed by atoms with E-state index in [0.717, 1.165) is 23.1 Å². The number of aromatic nitrogens is 2. The second kappa shape index (κ2) is 4.31. The molecular weight excluding hydrogens is 228 g/mol. The van der Waals surface area contributed by atoms with Crippen molar-refractivity contribution in [3.8, 4) is 11.5 Å². The Bertz CT molecular complexity index is 682. The van der Waals surface area contributed by atoms with Crippen LogP contribution in [0.2, 0.25) is 0 Å². The molecule has 0 aliphatic carbocycles. The lowest BCUT2D eigenvalue weighted by Crippen LogP contribution is -1.95. The van der Waals surface area contributed by atoms with E-state index >= 15 is 0 Å². The van der Waals surface area contributed by atoms with E-state index in [2.05, 4.69) is 12.0 Å². The van der Waals surface area contributed by atoms with Gasteiger partial charge in [-0.1, -0.05) is 18.2 Å². The molecule has 0 atom stereocenters. The van der Waals surface area contributed by atoms with E-state index in [-0.39, 0.29) is 6.61 Å². The number of rotatable bonds is 3. The Morgan fingerprint density at radius 1 is 1.22 bits per heavy atom. The molecule has 18 heavy (non-hydrogen) atoms. The van der Waals surface area contributed by atoms with Gasteiger partial charge >= 0.3 is 0 Å². The van der Waals surface area contributed by atoms with Crippen LogP contribution in [0, 0.1) is 0 Å². The molecule has 0 fully saturated rings. The van der Waals surface area contributed by atoms with Crippen LogP contribution >= 0.6 is 0 Å². The van der Waals surface area contributed by atoms with Crippen LogP contribution in [-0.2, 0) is 13.2 Å². The summed E-state index contributed by atoms with van der Waals surface area (Å²) in [4.78, 5) is 0. The van der Waals surface area contributed by atoms with E-state index in [4.69, 9.17) is 9.52 Å². The van der Waals surface area contributed by atoms with Crippen LogP contribution in [0.1, 0.15) is 12.7 Å². The standard InChI is InChI=1S/C14H14N2O2/c1-2-16-12-6-4-3-5-11(12)14(15-16)13-8-7-10(9-17)18-13/h3-8,17H,2,9H2,1H3. The van der Waals surface area contributed by atoms with Gasteiger partial charge in [0.1, 0.15) is 18.1 Å². The molecule has 1 aromatic carbocycles. The quantitative estimate of drug-likeness (QED) is 0.768. The smallest absolute Gasteiger partial charge is 0.155 e. The molecule has 0 radical (unpaired) electrons. The van der Waals surface area contributed by atoms with Crippen molar-refractivity contribution in [1.82, 2.24) is 9.78 Å². The van der Waals surface area contributed by atoms with Gasteiger partial charge in [-0.3, -0.25) is 4.68 Å². The molecule has 2 aromatic heterocycles. The van der Waals surface area contributed by atoms with E-state index in [1.807, 2.05) is 35.0 Å². The monoisotopic (exact) mass is 242 g/mol. The Balaban J connectivity index is 2.22. The fourth-order valence-electron chi connectivity index (χ4n) is 2.14. The maximum Gasteiger partial charge on any atom is 0.155 e. The molecule has 0 saturated carbocycles. The lowest BCUT2D eigenvalue weighted by atomic mass is 10.2. The minimum Gasteiger partial charge on any atom is -0.457 e. The average Bonchev–Trinajstić information content (AvgIpc) is 3.02. The highest BCUT2D eigenvalue weighted by atomic mass is 16.4. The summed E-state index contributed by atoms with van der Waals surface area (Å²) in [6, 6.07) is 11.7. The third kappa shape index (κ3) is 1.62. The molecule has 2 heterocycles. The number of benzene rings is 1. The summed E-state index contributed by atoms with van der Waals surface area (Å²) in [6.07, 6.45) is 0. The Morgan fingerprint density at radius 3 is 2.78 bits per heavy atom. The molecule has 3 aromatic rings. The summed E-state index contributed by atoms with van der Waals surface area (Å²) >= 11 is 0. The largest absolute Gasteiger partial charge is 0.457 e. The molecule has 4 heteroatoms. The van der Waals surface area contributed by atoms with Gasteiger partial charge in [0.05, 0.1) is 5.52 Å². The van der Waals surface area contributed by atoms with E-state index in [1.54, 1.807) is 6.07 Å². The van der Waals surface area contributed by atoms with E-state index < -0.39 is 0 Å². The number of para-hydroxylation sites is 1. The zero-order chi connectivity index (χ0) is 12.5. The summed E-state index contributed by atoms with van der Waals surface area (Å²) in [5.74, 6) is 1.25. The van der Waals surface area contributed by atoms with Gasteiger partial charge in [-0.05, 0) is 25.1 Å². The average molecular weight is 242 g/mol. The molecule has 0 aliphatic rings. The summed E-state index contributed by atoms with van der Waals surface area (Å²) in [5.41, 5.74) is 1.92. The van der Waals surface area contributed by atoms with Gasteiger partial charge in [-0.25, -0.2) is 0 Å². The van der Waals surface area contributed by atoms with E-state index in [9.17, 15) is 0 Å². The van der Waals surface area contributed by atoms with Gasteiger partial charge in [0, 0.05) is 11.9 Å². The molecule has 0 unspecified atom stereocenters. The summed E-state index contributed by atoms with van der Waals surface area (Å²) in [5, 5.41) is 14.7. The number of aliphatic hydroxyl groups excluding tert-OH is 1. The summed E-state index contributed by atoms with van der Waals surface area (Å²) in [7, 11) is 0. The maximum atomic E-state index is 9.04. The molecule has 92 valence electrons. The third-order valence-electron chi connectivity index (χ3n) is 3.01. The molecular formula is C14H14N2O2. The second-order valence-corrected chi connectivity index (χ2v) is 4.11. The van der Waals surface area contributed by atoms with Gasteiger partial charge in [0.2, 0.25) is 0 Å². The van der Waals surface area contributed by atoms with Crippen molar-refractivity contribution in [2.75, 3.05) is 0 Å². The molecule has 0 aliphatic heterocycles. The van der Waals surface area contributed by atoms with Crippen LogP contribution in [-0.4, -0.2) is 14.9 Å². The Hall–Kier alpha value is -2.07. The highest BCUT2D eigenvalue weighted by molar-refractivity contribution is 5.92. The highest BCUT2D eigenvalue weighted by Crippen LogP contribution is 2.29. The van der Waals surface area contributed by atoms with Gasteiger partial charge in [-0.15, -0.1) is 0 Å². The van der Waals surface area contributed by atoms with Crippen LogP contribution in [0.3, 0.4) is 0 Å². The van der Waals surface area contributed by atoms with Crippen molar-refractivity contribution in [2.24, 2.45) is 0 Å². The van der Waals surface area contributed by atoms with Crippen molar-refractivity contribution in [2.45, 2.75) is 20.1 Å². The van der Waals surface area contributed by atoms with Crippen molar-refractivity contribution in [3.05, 3.63) is 42.2 Å². The number of furan rings is 1. The number of fused-ring (bicyclic) bond motifs is 1. The Morgan fingerprint density at radius 2 is 2.06 bits per heavy atom. The first-order chi connectivity index (χ1) is 8.83. The van der Waals surface area contributed by atoms with Crippen LogP contribution in [0.4, 0.5) is 0 Å². The zero-order valence-electron chi connectivity index (χ0n) is 10.1. The first-order valence-electron chi connectivity index (χ1n) is 5.99. The van der Waals surface area contributed by atoms with Crippen molar-refractivity contribution >= 4 is 10.9 Å². The lowest BCUT2D eigenvalue weighted by molar-refractivity contribution is 0.248. The predicted molar refractivity (Wildman–Crippen MR) is 69.0 cm³/mol. The van der Waals surface area contributed by atoms with Gasteiger partial charge in [0.25, 0.3) is 0 Å². The predicted octanol–water partition coefficient (Wildman–Crippen LogP) is 2.81. The van der Waals surface area contributed by atoms with E-state index in [1.165, 1.54) is 0 Å². The third-order valence-corrected chi connectivity index (χ3v) is 3.01. The van der Waals surface area contributed by atoms with Crippen molar-refractivity contribution in [1.29, 1.82) is 0 Å². The minimum atomic E-state index is -0.0909. The number of hydrogen-bond donors (Lipinski definition) is 1. The lowest BCUT2D eigenvalue weighted by Gasteiger charge is -1.95. The summed E-state index contributed by atoms with van der Waals surface area (Å²) in [6.45, 7) is 2.78. The first-order valence-corrected chi connectivity index (χ1v) is 5.99. The molecule has 4 nitrogen and oxygen atoms in total. The number of nitrogens with zero attached hydrogens (tertiary/aromatic N) is 2. The van der Waals surface area contributed by atoms with E-state index in [0.29, 0.717) is 11.5 Å². The van der Waals surface area contributed by atoms with Crippen LogP contribution in [0.25, 0.3) is 22.4 Å². The summed E-state index contributed by atoms with van der Waals surface area (Å²) < 4.78 is 7.51. The zero-order valence-corrected chi connectivity index (χ0v) is 10.1. The molecule has 0 spiro atoms. The van der Waals surface area contributed by atoms with Gasteiger partial charge in [-0.2, -0.15) is 5.10 Å². The van der Waals surface area contributed by atoms with Crippen LogP contribution < -0.4 is 0 Å². The molecule has 0 bridgehead atoms. The highest BCUT2D eigenvalue weighted by Gasteiger charge is 2.14. The van der Waals surface area contributed by atoms with Crippen molar-refractivity contribution < 1.29 is 9.52 Å². The SMILES string of the molecule is CCn1nc(-c2ccc(CO)o2)c2ccccc21. The second-order valence-electron chi connectivity index (χ2n) is 4.11. The fourth-order valence-corrected chi connectivity index (χ4v) is 2.14. The van der Waals surface area contributed by atoms with Gasteiger partial charge < -0.3 is 9.52 Å². The number of aryl methyl sites for hydroxylation is 1. The molecule has 1 N–H and O–H groups in total. The first kappa shape index (κ1) is 11.0.